The summed E-state index contributed by atoms with van der Waals surface area (Å²) < 4.78 is 6.66. The molecule has 0 spiro atoms. The van der Waals surface area contributed by atoms with Crippen molar-refractivity contribution >= 4 is 45.0 Å². The first-order valence-corrected chi connectivity index (χ1v) is 9.68. The molecular weight excluding hydrogens is 425 g/mol. The van der Waals surface area contributed by atoms with Crippen LogP contribution in [0.1, 0.15) is 28.8 Å². The van der Waals surface area contributed by atoms with E-state index in [0.717, 1.165) is 29.5 Å². The lowest BCUT2D eigenvalue weighted by Crippen LogP contribution is -2.37. The Hall–Kier alpha value is -1.07. The van der Waals surface area contributed by atoms with Gasteiger partial charge < -0.3 is 9.64 Å². The van der Waals surface area contributed by atoms with E-state index in [1.807, 2.05) is 30.3 Å². The molecule has 3 nitrogen and oxygen atoms in total. The van der Waals surface area contributed by atoms with Crippen LogP contribution in [0.25, 0.3) is 0 Å². The van der Waals surface area contributed by atoms with Crippen molar-refractivity contribution in [3.8, 4) is 0 Å². The fourth-order valence-corrected chi connectivity index (χ4v) is 3.62. The van der Waals surface area contributed by atoms with Gasteiger partial charge in [0.05, 0.1) is 6.10 Å². The molecule has 0 unspecified atom stereocenters. The fraction of sp³-hybridized carbons (Fsp3) is 0.316. The molecule has 3 rings (SSSR count). The summed E-state index contributed by atoms with van der Waals surface area (Å²) in [5.41, 5.74) is 1.51. The Morgan fingerprint density at radius 2 is 1.96 bits per heavy atom. The normalized spacial score (nSPS) is 16.8. The van der Waals surface area contributed by atoms with Crippen molar-refractivity contribution in [2.75, 3.05) is 13.2 Å². The van der Waals surface area contributed by atoms with Crippen LogP contribution < -0.4 is 0 Å². The highest BCUT2D eigenvalue weighted by Gasteiger charge is 2.24. The number of halogens is 3. The predicted octanol–water partition coefficient (Wildman–Crippen LogP) is 5.58. The summed E-state index contributed by atoms with van der Waals surface area (Å²) in [4.78, 5) is 14.8. The van der Waals surface area contributed by atoms with Crippen LogP contribution in [-0.2, 0) is 11.3 Å². The summed E-state index contributed by atoms with van der Waals surface area (Å²) in [6, 6.07) is 12.7. The number of hydrogen-bond donors (Lipinski definition) is 0. The second kappa shape index (κ2) is 8.54. The maximum absolute atomic E-state index is 13.0. The van der Waals surface area contributed by atoms with Crippen LogP contribution in [0.4, 0.5) is 0 Å². The second-order valence-corrected chi connectivity index (χ2v) is 7.82. The zero-order valence-corrected chi connectivity index (χ0v) is 16.6. The molecule has 0 aromatic heterocycles. The smallest absolute Gasteiger partial charge is 0.254 e. The quantitative estimate of drug-likeness (QED) is 0.605. The summed E-state index contributed by atoms with van der Waals surface area (Å²) >= 11 is 15.7. The van der Waals surface area contributed by atoms with E-state index in [1.54, 1.807) is 17.0 Å². The van der Waals surface area contributed by atoms with Crippen LogP contribution in [0.15, 0.2) is 46.9 Å². The van der Waals surface area contributed by atoms with E-state index in [0.29, 0.717) is 28.7 Å². The Balaban J connectivity index is 1.83. The minimum Gasteiger partial charge on any atom is -0.376 e. The van der Waals surface area contributed by atoms with Crippen LogP contribution >= 0.6 is 39.1 Å². The van der Waals surface area contributed by atoms with Gasteiger partial charge >= 0.3 is 0 Å². The Morgan fingerprint density at radius 1 is 1.20 bits per heavy atom. The third-order valence-corrected chi connectivity index (χ3v) is 5.32. The van der Waals surface area contributed by atoms with Gasteiger partial charge in [-0.2, -0.15) is 0 Å². The number of hydrogen-bond acceptors (Lipinski definition) is 2. The molecule has 1 heterocycles. The van der Waals surface area contributed by atoms with Gasteiger partial charge in [-0.15, -0.1) is 0 Å². The number of carbonyl (C=O) groups excluding carboxylic acids is 1. The number of benzene rings is 2. The monoisotopic (exact) mass is 441 g/mol. The highest BCUT2D eigenvalue weighted by Crippen LogP contribution is 2.24. The van der Waals surface area contributed by atoms with Gasteiger partial charge in [0, 0.05) is 39.8 Å². The van der Waals surface area contributed by atoms with Gasteiger partial charge in [0.2, 0.25) is 0 Å². The average Bonchev–Trinajstić information content (AvgIpc) is 3.10. The van der Waals surface area contributed by atoms with Crippen LogP contribution in [0, 0.1) is 0 Å². The highest BCUT2D eigenvalue weighted by molar-refractivity contribution is 9.10. The molecule has 1 fully saturated rings. The van der Waals surface area contributed by atoms with Crippen LogP contribution in [0.5, 0.6) is 0 Å². The molecule has 2 aromatic carbocycles. The van der Waals surface area contributed by atoms with Gasteiger partial charge in [-0.05, 0) is 54.8 Å². The molecule has 1 aliphatic rings. The third kappa shape index (κ3) is 4.98. The molecule has 6 heteroatoms. The standard InChI is InChI=1S/C19H18BrCl2NO2/c20-15-6-3-13(4-7-15)19(24)23(12-17-2-1-9-25-17)11-14-5-8-16(21)10-18(14)22/h3-8,10,17H,1-2,9,11-12H2/t17-/m1/s1. The molecule has 25 heavy (non-hydrogen) atoms. The van der Waals surface area contributed by atoms with Crippen molar-refractivity contribution in [1.82, 2.24) is 4.90 Å². The minimum atomic E-state index is -0.0333. The molecule has 1 aliphatic heterocycles. The van der Waals surface area contributed by atoms with E-state index in [1.165, 1.54) is 0 Å². The van der Waals surface area contributed by atoms with Gasteiger partial charge in [0.15, 0.2) is 0 Å². The zero-order chi connectivity index (χ0) is 17.8. The van der Waals surface area contributed by atoms with E-state index in [9.17, 15) is 4.79 Å². The van der Waals surface area contributed by atoms with E-state index in [4.69, 9.17) is 27.9 Å². The predicted molar refractivity (Wildman–Crippen MR) is 104 cm³/mol. The van der Waals surface area contributed by atoms with Crippen molar-refractivity contribution in [1.29, 1.82) is 0 Å². The molecule has 0 radical (unpaired) electrons. The highest BCUT2D eigenvalue weighted by atomic mass is 79.9. The molecule has 0 aliphatic carbocycles. The van der Waals surface area contributed by atoms with Crippen molar-refractivity contribution in [2.24, 2.45) is 0 Å². The number of nitrogens with zero attached hydrogens (tertiary/aromatic N) is 1. The maximum atomic E-state index is 13.0. The van der Waals surface area contributed by atoms with Gasteiger partial charge in [0.1, 0.15) is 0 Å². The zero-order valence-electron chi connectivity index (χ0n) is 13.6. The second-order valence-electron chi connectivity index (χ2n) is 6.06. The Labute approximate surface area is 166 Å². The van der Waals surface area contributed by atoms with Crippen molar-refractivity contribution in [2.45, 2.75) is 25.5 Å². The molecule has 1 atom stereocenters. The number of ether oxygens (including phenoxy) is 1. The summed E-state index contributed by atoms with van der Waals surface area (Å²) in [7, 11) is 0. The third-order valence-electron chi connectivity index (χ3n) is 4.20. The molecule has 0 saturated carbocycles. The van der Waals surface area contributed by atoms with Crippen LogP contribution in [-0.4, -0.2) is 30.1 Å². The fourth-order valence-electron chi connectivity index (χ4n) is 2.88. The number of amides is 1. The number of carbonyl (C=O) groups is 1. The van der Waals surface area contributed by atoms with Crippen molar-refractivity contribution in [3.63, 3.8) is 0 Å². The van der Waals surface area contributed by atoms with Gasteiger partial charge in [-0.3, -0.25) is 4.79 Å². The Kier molecular flexibility index (Phi) is 6.39. The van der Waals surface area contributed by atoms with E-state index in [-0.39, 0.29) is 12.0 Å². The first kappa shape index (κ1) is 18.7. The first-order chi connectivity index (χ1) is 12.0. The Morgan fingerprint density at radius 3 is 2.60 bits per heavy atom. The van der Waals surface area contributed by atoms with Gasteiger partial charge in [-0.25, -0.2) is 0 Å². The molecule has 132 valence electrons. The molecule has 0 bridgehead atoms. The lowest BCUT2D eigenvalue weighted by Gasteiger charge is -2.26. The van der Waals surface area contributed by atoms with Crippen molar-refractivity contribution in [3.05, 3.63) is 68.1 Å². The summed E-state index contributed by atoms with van der Waals surface area (Å²) in [5, 5.41) is 1.15. The molecule has 0 N–H and O–H groups in total. The van der Waals surface area contributed by atoms with E-state index in [2.05, 4.69) is 15.9 Å². The molecule has 1 amide bonds. The minimum absolute atomic E-state index is 0.0333. The van der Waals surface area contributed by atoms with Crippen LogP contribution in [0.3, 0.4) is 0 Å². The van der Waals surface area contributed by atoms with Crippen LogP contribution in [0.2, 0.25) is 10.0 Å². The molecule has 1 saturated heterocycles. The largest absolute Gasteiger partial charge is 0.376 e. The molecule has 2 aromatic rings. The van der Waals surface area contributed by atoms with E-state index < -0.39 is 0 Å². The van der Waals surface area contributed by atoms with Gasteiger partial charge in [-0.1, -0.05) is 45.2 Å². The summed E-state index contributed by atoms with van der Waals surface area (Å²) in [6.45, 7) is 1.73. The summed E-state index contributed by atoms with van der Waals surface area (Å²) in [6.07, 6.45) is 2.08. The molecular formula is C19H18BrCl2NO2. The SMILES string of the molecule is O=C(c1ccc(Br)cc1)N(Cc1ccc(Cl)cc1Cl)C[C@H]1CCCO1. The van der Waals surface area contributed by atoms with E-state index >= 15 is 0 Å². The Bertz CT molecular complexity index is 746. The van der Waals surface area contributed by atoms with Gasteiger partial charge in [0.25, 0.3) is 5.91 Å². The lowest BCUT2D eigenvalue weighted by atomic mass is 10.1. The maximum Gasteiger partial charge on any atom is 0.254 e. The van der Waals surface area contributed by atoms with Crippen molar-refractivity contribution < 1.29 is 9.53 Å². The summed E-state index contributed by atoms with van der Waals surface area (Å²) in [5.74, 6) is -0.0333. The lowest BCUT2D eigenvalue weighted by molar-refractivity contribution is 0.0507. The first-order valence-electron chi connectivity index (χ1n) is 8.13. The number of rotatable bonds is 5. The topological polar surface area (TPSA) is 29.5 Å². The average molecular weight is 443 g/mol.